The fourth-order valence-corrected chi connectivity index (χ4v) is 2.48. The molecule has 3 rings (SSSR count). The average Bonchev–Trinajstić information content (AvgIpc) is 2.58. The Morgan fingerprint density at radius 1 is 1.20 bits per heavy atom. The highest BCUT2D eigenvalue weighted by molar-refractivity contribution is 6.06. The van der Waals surface area contributed by atoms with E-state index in [9.17, 15) is 14.0 Å². The van der Waals surface area contributed by atoms with Crippen LogP contribution in [0.5, 0.6) is 5.75 Å². The maximum atomic E-state index is 12.8. The summed E-state index contributed by atoms with van der Waals surface area (Å²) in [6.45, 7) is 1.93. The molecule has 0 aliphatic carbocycles. The number of hydrazone groups is 1. The predicted octanol–water partition coefficient (Wildman–Crippen LogP) is 3.30. The third-order valence-corrected chi connectivity index (χ3v) is 3.71. The van der Waals surface area contributed by atoms with Gasteiger partial charge in [0.15, 0.2) is 0 Å². The summed E-state index contributed by atoms with van der Waals surface area (Å²) in [5.41, 5.74) is 4.67. The monoisotopic (exact) mass is 341 g/mol. The van der Waals surface area contributed by atoms with Gasteiger partial charge in [-0.3, -0.25) is 10.1 Å². The molecular formula is C18H16FN3O3. The number of nitrogens with zero attached hydrogens (tertiary/aromatic N) is 1. The van der Waals surface area contributed by atoms with E-state index in [4.69, 9.17) is 4.74 Å². The van der Waals surface area contributed by atoms with Gasteiger partial charge >= 0.3 is 6.09 Å². The zero-order chi connectivity index (χ0) is 17.8. The van der Waals surface area contributed by atoms with Gasteiger partial charge in [0.05, 0.1) is 5.71 Å². The highest BCUT2D eigenvalue weighted by atomic mass is 19.1. The molecule has 0 aromatic heterocycles. The van der Waals surface area contributed by atoms with E-state index in [1.807, 2.05) is 6.92 Å². The molecule has 2 aromatic carbocycles. The van der Waals surface area contributed by atoms with Gasteiger partial charge in [-0.2, -0.15) is 5.10 Å². The number of anilines is 1. The van der Waals surface area contributed by atoms with Crippen molar-refractivity contribution in [3.8, 4) is 5.75 Å². The van der Waals surface area contributed by atoms with Crippen LogP contribution in [0.3, 0.4) is 0 Å². The second-order valence-electron chi connectivity index (χ2n) is 5.68. The summed E-state index contributed by atoms with van der Waals surface area (Å²) in [7, 11) is 0. The molecule has 0 spiro atoms. The van der Waals surface area contributed by atoms with E-state index in [-0.39, 0.29) is 17.6 Å². The molecule has 0 bridgehead atoms. The Labute approximate surface area is 143 Å². The molecule has 128 valence electrons. The van der Waals surface area contributed by atoms with Gasteiger partial charge in [-0.25, -0.2) is 14.6 Å². The Morgan fingerprint density at radius 2 is 1.88 bits per heavy atom. The summed E-state index contributed by atoms with van der Waals surface area (Å²) in [5.74, 6) is -0.231. The lowest BCUT2D eigenvalue weighted by molar-refractivity contribution is -0.121. The lowest BCUT2D eigenvalue weighted by atomic mass is 9.94. The van der Waals surface area contributed by atoms with E-state index in [1.54, 1.807) is 24.3 Å². The summed E-state index contributed by atoms with van der Waals surface area (Å²) < 4.78 is 17.9. The molecule has 25 heavy (non-hydrogen) atoms. The molecule has 0 saturated heterocycles. The van der Waals surface area contributed by atoms with E-state index in [2.05, 4.69) is 15.8 Å². The van der Waals surface area contributed by atoms with E-state index in [0.29, 0.717) is 12.1 Å². The Bertz CT molecular complexity index is 816. The zero-order valence-electron chi connectivity index (χ0n) is 13.5. The van der Waals surface area contributed by atoms with E-state index in [1.165, 1.54) is 24.3 Å². The van der Waals surface area contributed by atoms with Crippen LogP contribution in [0.25, 0.3) is 0 Å². The van der Waals surface area contributed by atoms with Gasteiger partial charge in [0, 0.05) is 18.0 Å². The van der Waals surface area contributed by atoms with Crippen molar-refractivity contribution in [2.24, 2.45) is 11.0 Å². The topological polar surface area (TPSA) is 79.8 Å². The van der Waals surface area contributed by atoms with Crippen LogP contribution in [0.1, 0.15) is 18.9 Å². The molecule has 0 fully saturated rings. The van der Waals surface area contributed by atoms with Crippen LogP contribution in [-0.4, -0.2) is 17.7 Å². The van der Waals surface area contributed by atoms with Crippen LogP contribution >= 0.6 is 0 Å². The van der Waals surface area contributed by atoms with Crippen LogP contribution < -0.4 is 15.5 Å². The maximum absolute atomic E-state index is 12.8. The standard InChI is InChI=1S/C18H16FN3O3/c1-11-10-16(23)21-22-17(11)12-2-6-14(7-3-12)20-18(24)25-15-8-4-13(19)5-9-15/h2-9,11H,10H2,1H3,(H,20,24)(H,21,23). The van der Waals surface area contributed by atoms with Gasteiger partial charge < -0.3 is 4.74 Å². The zero-order valence-corrected chi connectivity index (χ0v) is 13.5. The minimum atomic E-state index is -0.671. The van der Waals surface area contributed by atoms with Crippen LogP contribution in [0.15, 0.2) is 53.6 Å². The van der Waals surface area contributed by atoms with Crippen molar-refractivity contribution < 1.29 is 18.7 Å². The van der Waals surface area contributed by atoms with Gasteiger partial charge in [-0.15, -0.1) is 0 Å². The Kier molecular flexibility index (Phi) is 4.74. The third kappa shape index (κ3) is 4.20. The van der Waals surface area contributed by atoms with Crippen molar-refractivity contribution >= 4 is 23.4 Å². The van der Waals surface area contributed by atoms with Gasteiger partial charge in [0.25, 0.3) is 0 Å². The molecule has 6 nitrogen and oxygen atoms in total. The van der Waals surface area contributed by atoms with Gasteiger partial charge in [-0.1, -0.05) is 19.1 Å². The Balaban J connectivity index is 1.63. The fourth-order valence-electron chi connectivity index (χ4n) is 2.48. The van der Waals surface area contributed by atoms with Gasteiger partial charge in [-0.05, 0) is 42.0 Å². The quantitative estimate of drug-likeness (QED) is 0.899. The largest absolute Gasteiger partial charge is 0.417 e. The van der Waals surface area contributed by atoms with Gasteiger partial charge in [0.1, 0.15) is 11.6 Å². The molecule has 0 saturated carbocycles. The lowest BCUT2D eigenvalue weighted by Gasteiger charge is -2.19. The normalized spacial score (nSPS) is 16.6. The smallest absolute Gasteiger partial charge is 0.410 e. The number of benzene rings is 2. The third-order valence-electron chi connectivity index (χ3n) is 3.71. The molecule has 2 aromatic rings. The SMILES string of the molecule is CC1CC(=O)NN=C1c1ccc(NC(=O)Oc2ccc(F)cc2)cc1. The van der Waals surface area contributed by atoms with Crippen molar-refractivity contribution in [2.75, 3.05) is 5.32 Å². The molecule has 2 N–H and O–H groups in total. The summed E-state index contributed by atoms with van der Waals surface area (Å²) in [4.78, 5) is 23.1. The molecular weight excluding hydrogens is 325 g/mol. The van der Waals surface area contributed by atoms with E-state index in [0.717, 1.165) is 11.3 Å². The van der Waals surface area contributed by atoms with Crippen molar-refractivity contribution in [3.05, 3.63) is 59.9 Å². The molecule has 1 atom stereocenters. The highest BCUT2D eigenvalue weighted by Crippen LogP contribution is 2.19. The van der Waals surface area contributed by atoms with Crippen molar-refractivity contribution in [3.63, 3.8) is 0 Å². The van der Waals surface area contributed by atoms with Crippen LogP contribution in [0.4, 0.5) is 14.9 Å². The fraction of sp³-hybridized carbons (Fsp3) is 0.167. The number of halogens is 1. The molecule has 2 amide bonds. The molecule has 1 aliphatic rings. The summed E-state index contributed by atoms with van der Waals surface area (Å²) in [6.07, 6.45) is -0.280. The van der Waals surface area contributed by atoms with Gasteiger partial charge in [0.2, 0.25) is 5.91 Å². The van der Waals surface area contributed by atoms with Crippen LogP contribution in [0.2, 0.25) is 0 Å². The van der Waals surface area contributed by atoms with E-state index < -0.39 is 11.9 Å². The van der Waals surface area contributed by atoms with E-state index >= 15 is 0 Å². The Morgan fingerprint density at radius 3 is 2.52 bits per heavy atom. The first-order chi connectivity index (χ1) is 12.0. The second kappa shape index (κ2) is 7.12. The number of rotatable bonds is 3. The number of ether oxygens (including phenoxy) is 1. The molecule has 0 radical (unpaired) electrons. The molecule has 1 unspecified atom stereocenters. The highest BCUT2D eigenvalue weighted by Gasteiger charge is 2.21. The Hall–Kier alpha value is -3.22. The van der Waals surface area contributed by atoms with Crippen molar-refractivity contribution in [1.29, 1.82) is 0 Å². The first-order valence-electron chi connectivity index (χ1n) is 7.72. The lowest BCUT2D eigenvalue weighted by Crippen LogP contribution is -2.31. The number of hydrogen-bond acceptors (Lipinski definition) is 4. The minimum absolute atomic E-state index is 0.0241. The summed E-state index contributed by atoms with van der Waals surface area (Å²) >= 11 is 0. The second-order valence-corrected chi connectivity index (χ2v) is 5.68. The number of carbonyl (C=O) groups is 2. The maximum Gasteiger partial charge on any atom is 0.417 e. The van der Waals surface area contributed by atoms with Crippen molar-refractivity contribution in [1.82, 2.24) is 5.43 Å². The summed E-state index contributed by atoms with van der Waals surface area (Å²) in [5, 5.41) is 6.68. The number of hydrogen-bond donors (Lipinski definition) is 2. The first-order valence-corrected chi connectivity index (χ1v) is 7.72. The number of nitrogens with one attached hydrogen (secondary N) is 2. The molecule has 1 heterocycles. The predicted molar refractivity (Wildman–Crippen MR) is 90.9 cm³/mol. The van der Waals surface area contributed by atoms with Crippen LogP contribution in [-0.2, 0) is 4.79 Å². The number of amides is 2. The van der Waals surface area contributed by atoms with Crippen LogP contribution in [0, 0.1) is 11.7 Å². The average molecular weight is 341 g/mol. The van der Waals surface area contributed by atoms with Crippen molar-refractivity contribution in [2.45, 2.75) is 13.3 Å². The molecule has 7 heteroatoms. The number of carbonyl (C=O) groups excluding carboxylic acids is 2. The first kappa shape index (κ1) is 16.6. The molecule has 1 aliphatic heterocycles. The minimum Gasteiger partial charge on any atom is -0.410 e. The summed E-state index contributed by atoms with van der Waals surface area (Å²) in [6, 6.07) is 12.2.